The number of hydrogen-bond donors (Lipinski definition) is 0. The second kappa shape index (κ2) is 6.34. The summed E-state index contributed by atoms with van der Waals surface area (Å²) in [5.41, 5.74) is 5.85. The molecule has 1 aromatic heterocycles. The van der Waals surface area contributed by atoms with Gasteiger partial charge in [-0.25, -0.2) is 0 Å². The number of carbonyl (C=O) groups excluding carboxylic acids is 1. The van der Waals surface area contributed by atoms with Crippen molar-refractivity contribution in [3.05, 3.63) is 65.0 Å². The average molecular weight is 359 g/mol. The maximum Gasteiger partial charge on any atom is 0.257 e. The molecule has 3 aromatic rings. The largest absolute Gasteiger partial charge is 0.334 e. The zero-order valence-corrected chi connectivity index (χ0v) is 15.3. The molecule has 5 nitrogen and oxygen atoms in total. The van der Waals surface area contributed by atoms with Crippen molar-refractivity contribution in [3.8, 4) is 11.5 Å². The number of carbonyl (C=O) groups is 1. The third kappa shape index (κ3) is 2.93. The van der Waals surface area contributed by atoms with E-state index in [1.165, 1.54) is 17.5 Å². The number of rotatable bonds is 3. The Kier molecular flexibility index (Phi) is 3.81. The van der Waals surface area contributed by atoms with E-state index in [2.05, 4.69) is 28.3 Å². The van der Waals surface area contributed by atoms with Crippen LogP contribution in [0.3, 0.4) is 0 Å². The second-order valence-electron chi connectivity index (χ2n) is 7.54. The van der Waals surface area contributed by atoms with E-state index in [0.29, 0.717) is 24.7 Å². The lowest BCUT2D eigenvalue weighted by Crippen LogP contribution is -2.24. The van der Waals surface area contributed by atoms with Crippen LogP contribution < -0.4 is 4.90 Å². The van der Waals surface area contributed by atoms with Crippen molar-refractivity contribution in [1.82, 2.24) is 10.1 Å². The molecule has 0 bridgehead atoms. The highest BCUT2D eigenvalue weighted by Crippen LogP contribution is 2.34. The molecule has 0 radical (unpaired) electrons. The third-order valence-electron chi connectivity index (χ3n) is 5.59. The van der Waals surface area contributed by atoms with E-state index in [-0.39, 0.29) is 11.8 Å². The van der Waals surface area contributed by atoms with Crippen molar-refractivity contribution in [2.75, 3.05) is 11.4 Å². The van der Waals surface area contributed by atoms with Crippen molar-refractivity contribution in [1.29, 1.82) is 0 Å². The first-order valence-corrected chi connectivity index (χ1v) is 9.50. The van der Waals surface area contributed by atoms with E-state index in [1.54, 1.807) is 0 Å². The van der Waals surface area contributed by atoms with Crippen LogP contribution in [0.1, 0.15) is 41.3 Å². The first-order chi connectivity index (χ1) is 13.2. The van der Waals surface area contributed by atoms with E-state index >= 15 is 0 Å². The number of amides is 1. The van der Waals surface area contributed by atoms with E-state index < -0.39 is 0 Å². The first kappa shape index (κ1) is 16.2. The smallest absolute Gasteiger partial charge is 0.257 e. The fraction of sp³-hybridized carbons (Fsp3) is 0.318. The number of nitrogens with zero attached hydrogens (tertiary/aromatic N) is 3. The Hall–Kier alpha value is -2.95. The minimum Gasteiger partial charge on any atom is -0.334 e. The lowest BCUT2D eigenvalue weighted by atomic mass is 10.1. The fourth-order valence-corrected chi connectivity index (χ4v) is 4.15. The summed E-state index contributed by atoms with van der Waals surface area (Å²) in [6.45, 7) is 2.63. The molecule has 1 saturated heterocycles. The van der Waals surface area contributed by atoms with Crippen LogP contribution in [0.2, 0.25) is 0 Å². The Balaban J connectivity index is 1.38. The van der Waals surface area contributed by atoms with Gasteiger partial charge in [-0.15, -0.1) is 0 Å². The third-order valence-corrected chi connectivity index (χ3v) is 5.59. The van der Waals surface area contributed by atoms with Gasteiger partial charge in [-0.2, -0.15) is 4.98 Å². The molecule has 1 amide bonds. The number of benzene rings is 2. The molecule has 0 N–H and O–H groups in total. The average Bonchev–Trinajstić information content (AvgIpc) is 3.40. The lowest BCUT2D eigenvalue weighted by molar-refractivity contribution is -0.117. The van der Waals surface area contributed by atoms with E-state index in [4.69, 9.17) is 4.52 Å². The van der Waals surface area contributed by atoms with Crippen molar-refractivity contribution in [2.45, 2.75) is 38.5 Å². The zero-order chi connectivity index (χ0) is 18.4. The predicted octanol–water partition coefficient (Wildman–Crippen LogP) is 4.05. The van der Waals surface area contributed by atoms with E-state index in [1.807, 2.05) is 36.1 Å². The van der Waals surface area contributed by atoms with Crippen LogP contribution in [0.15, 0.2) is 47.0 Å². The molecule has 1 unspecified atom stereocenters. The zero-order valence-electron chi connectivity index (χ0n) is 15.3. The van der Waals surface area contributed by atoms with Crippen LogP contribution in [0, 0.1) is 6.92 Å². The Bertz CT molecular complexity index is 1020. The van der Waals surface area contributed by atoms with Gasteiger partial charge in [-0.05, 0) is 61.6 Å². The van der Waals surface area contributed by atoms with Crippen LogP contribution in [0.5, 0.6) is 0 Å². The van der Waals surface area contributed by atoms with Gasteiger partial charge in [0.25, 0.3) is 5.89 Å². The topological polar surface area (TPSA) is 59.2 Å². The van der Waals surface area contributed by atoms with Gasteiger partial charge in [0.05, 0.1) is 0 Å². The van der Waals surface area contributed by atoms with Crippen molar-refractivity contribution in [2.24, 2.45) is 0 Å². The summed E-state index contributed by atoms with van der Waals surface area (Å²) in [7, 11) is 0. The molecule has 5 rings (SSSR count). The molecule has 136 valence electrons. The molecule has 1 aliphatic heterocycles. The molecule has 2 aliphatic rings. The molecule has 0 spiro atoms. The monoisotopic (exact) mass is 359 g/mol. The Labute approximate surface area is 158 Å². The minimum atomic E-state index is -0.0342. The summed E-state index contributed by atoms with van der Waals surface area (Å²) in [5, 5.41) is 4.16. The van der Waals surface area contributed by atoms with Crippen LogP contribution in [0.25, 0.3) is 11.5 Å². The van der Waals surface area contributed by atoms with Gasteiger partial charge in [-0.3, -0.25) is 4.79 Å². The summed E-state index contributed by atoms with van der Waals surface area (Å²) in [6.07, 6.45) is 3.89. The molecule has 1 atom stereocenters. The molecule has 0 saturated carbocycles. The molecule has 2 heterocycles. The van der Waals surface area contributed by atoms with Gasteiger partial charge in [0.1, 0.15) is 0 Å². The Morgan fingerprint density at radius 1 is 1.11 bits per heavy atom. The van der Waals surface area contributed by atoms with Gasteiger partial charge in [-0.1, -0.05) is 28.9 Å². The fourth-order valence-electron chi connectivity index (χ4n) is 4.15. The Morgan fingerprint density at radius 3 is 2.89 bits per heavy atom. The number of anilines is 1. The molecule has 1 aliphatic carbocycles. The molecule has 5 heteroatoms. The SMILES string of the molecule is Cc1cccc(-c2nc(C3CC(=O)N(c4ccc5c(c4)CCC5)C3)no2)c1. The summed E-state index contributed by atoms with van der Waals surface area (Å²) in [4.78, 5) is 19.1. The molecule has 1 fully saturated rings. The maximum atomic E-state index is 12.6. The Morgan fingerprint density at radius 2 is 2.00 bits per heavy atom. The van der Waals surface area contributed by atoms with Crippen molar-refractivity contribution in [3.63, 3.8) is 0 Å². The second-order valence-corrected chi connectivity index (χ2v) is 7.54. The van der Waals surface area contributed by atoms with Gasteiger partial charge >= 0.3 is 0 Å². The number of aromatic nitrogens is 2. The number of fused-ring (bicyclic) bond motifs is 1. The van der Waals surface area contributed by atoms with E-state index in [0.717, 1.165) is 29.7 Å². The molecule has 2 aromatic carbocycles. The normalized spacial score (nSPS) is 18.9. The highest BCUT2D eigenvalue weighted by molar-refractivity contribution is 5.96. The van der Waals surface area contributed by atoms with Crippen molar-refractivity contribution < 1.29 is 9.32 Å². The van der Waals surface area contributed by atoms with E-state index in [9.17, 15) is 4.79 Å². The number of aryl methyl sites for hydroxylation is 3. The predicted molar refractivity (Wildman–Crippen MR) is 103 cm³/mol. The molecular weight excluding hydrogens is 338 g/mol. The number of hydrogen-bond acceptors (Lipinski definition) is 4. The van der Waals surface area contributed by atoms with Crippen LogP contribution in [0.4, 0.5) is 5.69 Å². The quantitative estimate of drug-likeness (QED) is 0.708. The maximum absolute atomic E-state index is 12.6. The minimum absolute atomic E-state index is 0.0342. The molecular formula is C22H21N3O2. The van der Waals surface area contributed by atoms with Crippen LogP contribution >= 0.6 is 0 Å². The summed E-state index contributed by atoms with van der Waals surface area (Å²) < 4.78 is 5.46. The lowest BCUT2D eigenvalue weighted by Gasteiger charge is -2.17. The van der Waals surface area contributed by atoms with Gasteiger partial charge in [0, 0.05) is 30.1 Å². The summed E-state index contributed by atoms with van der Waals surface area (Å²) >= 11 is 0. The summed E-state index contributed by atoms with van der Waals surface area (Å²) in [5.74, 6) is 1.22. The molecule has 27 heavy (non-hydrogen) atoms. The first-order valence-electron chi connectivity index (χ1n) is 9.50. The highest BCUT2D eigenvalue weighted by Gasteiger charge is 2.35. The van der Waals surface area contributed by atoms with Gasteiger partial charge < -0.3 is 9.42 Å². The van der Waals surface area contributed by atoms with Crippen LogP contribution in [-0.4, -0.2) is 22.6 Å². The van der Waals surface area contributed by atoms with Crippen LogP contribution in [-0.2, 0) is 17.6 Å². The van der Waals surface area contributed by atoms with Gasteiger partial charge in [0.2, 0.25) is 5.91 Å². The van der Waals surface area contributed by atoms with Crippen molar-refractivity contribution >= 4 is 11.6 Å². The van der Waals surface area contributed by atoms with Gasteiger partial charge in [0.15, 0.2) is 5.82 Å². The standard InChI is InChI=1S/C22H21N3O2/c1-14-4-2-7-17(10-14)22-23-21(24-27-22)18-12-20(26)25(13-18)19-9-8-15-5-3-6-16(15)11-19/h2,4,7-11,18H,3,5-6,12-13H2,1H3. The highest BCUT2D eigenvalue weighted by atomic mass is 16.5. The summed E-state index contributed by atoms with van der Waals surface area (Å²) in [6, 6.07) is 14.4.